The molecule has 10 heteroatoms. The molecule has 1 amide bonds. The van der Waals surface area contributed by atoms with Crippen LogP contribution < -0.4 is 19.5 Å². The average Bonchev–Trinajstić information content (AvgIpc) is 3.10. The highest BCUT2D eigenvalue weighted by Crippen LogP contribution is 2.40. The molecule has 0 atom stereocenters. The zero-order chi connectivity index (χ0) is 21.1. The van der Waals surface area contributed by atoms with Crippen LogP contribution in [0.1, 0.15) is 33.6 Å². The number of sulfonamides is 1. The first-order chi connectivity index (χ1) is 14.5. The van der Waals surface area contributed by atoms with Crippen molar-refractivity contribution in [2.75, 3.05) is 38.2 Å². The monoisotopic (exact) mass is 452 g/mol. The van der Waals surface area contributed by atoms with Gasteiger partial charge in [-0.25, -0.2) is 8.42 Å². The Kier molecular flexibility index (Phi) is 6.16. The van der Waals surface area contributed by atoms with Crippen molar-refractivity contribution in [2.24, 2.45) is 0 Å². The molecule has 0 spiro atoms. The molecule has 162 valence electrons. The average molecular weight is 453 g/mol. The number of rotatable bonds is 7. The number of carbonyl (C=O) groups is 1. The Morgan fingerprint density at radius 3 is 2.73 bits per heavy atom. The molecule has 0 saturated carbocycles. The number of anilines is 1. The summed E-state index contributed by atoms with van der Waals surface area (Å²) >= 11 is 1.34. The Balaban J connectivity index is 1.65. The first kappa shape index (κ1) is 21.0. The van der Waals surface area contributed by atoms with Gasteiger partial charge in [0.25, 0.3) is 15.9 Å². The van der Waals surface area contributed by atoms with Crippen molar-refractivity contribution < 1.29 is 27.4 Å². The minimum absolute atomic E-state index is 0.0591. The Labute approximate surface area is 179 Å². The molecular weight excluding hydrogens is 428 g/mol. The highest BCUT2D eigenvalue weighted by atomic mass is 32.2. The summed E-state index contributed by atoms with van der Waals surface area (Å²) in [5.74, 6) is 0.628. The minimum Gasteiger partial charge on any atom is -0.486 e. The highest BCUT2D eigenvalue weighted by molar-refractivity contribution is 7.93. The quantitative estimate of drug-likeness (QED) is 0.626. The third kappa shape index (κ3) is 4.26. The van der Waals surface area contributed by atoms with Crippen LogP contribution in [0.5, 0.6) is 11.5 Å². The van der Waals surface area contributed by atoms with E-state index in [0.717, 1.165) is 36.1 Å². The van der Waals surface area contributed by atoms with E-state index in [1.807, 2.05) is 0 Å². The molecule has 1 aliphatic carbocycles. The third-order valence-electron chi connectivity index (χ3n) is 5.04. The lowest BCUT2D eigenvalue weighted by Gasteiger charge is -2.19. The van der Waals surface area contributed by atoms with Crippen molar-refractivity contribution in [1.29, 1.82) is 0 Å². The molecule has 0 unspecified atom stereocenters. The van der Waals surface area contributed by atoms with Gasteiger partial charge in [0.15, 0.2) is 11.5 Å². The summed E-state index contributed by atoms with van der Waals surface area (Å²) in [5, 5.41) is 3.17. The van der Waals surface area contributed by atoms with Crippen molar-refractivity contribution in [3.63, 3.8) is 0 Å². The predicted octanol–water partition coefficient (Wildman–Crippen LogP) is 2.58. The second-order valence-electron chi connectivity index (χ2n) is 7.07. The van der Waals surface area contributed by atoms with E-state index in [4.69, 9.17) is 14.2 Å². The second kappa shape index (κ2) is 8.83. The van der Waals surface area contributed by atoms with E-state index in [9.17, 15) is 13.2 Å². The highest BCUT2D eigenvalue weighted by Gasteiger charge is 2.28. The Hall–Kier alpha value is -2.30. The van der Waals surface area contributed by atoms with Gasteiger partial charge in [0.1, 0.15) is 18.2 Å². The van der Waals surface area contributed by atoms with Crippen molar-refractivity contribution >= 4 is 32.3 Å². The molecule has 4 rings (SSSR count). The van der Waals surface area contributed by atoms with Crippen LogP contribution in [0.15, 0.2) is 23.1 Å². The summed E-state index contributed by atoms with van der Waals surface area (Å²) in [6.07, 6.45) is 3.64. The fourth-order valence-electron chi connectivity index (χ4n) is 3.60. The summed E-state index contributed by atoms with van der Waals surface area (Å²) in [7, 11) is -2.35. The maximum absolute atomic E-state index is 13.1. The summed E-state index contributed by atoms with van der Waals surface area (Å²) in [6.45, 7) is 1.54. The summed E-state index contributed by atoms with van der Waals surface area (Å²) in [6, 6.07) is 4.51. The summed E-state index contributed by atoms with van der Waals surface area (Å²) < 4.78 is 44.8. The summed E-state index contributed by atoms with van der Waals surface area (Å²) in [5.41, 5.74) is 1.37. The summed E-state index contributed by atoms with van der Waals surface area (Å²) in [4.78, 5) is 14.0. The molecule has 30 heavy (non-hydrogen) atoms. The molecule has 2 heterocycles. The van der Waals surface area contributed by atoms with Crippen LogP contribution in [0.3, 0.4) is 0 Å². The van der Waals surface area contributed by atoms with Gasteiger partial charge in [-0.1, -0.05) is 0 Å². The number of nitrogens with one attached hydrogen (secondary N) is 2. The van der Waals surface area contributed by atoms with Gasteiger partial charge in [0.2, 0.25) is 0 Å². The molecule has 0 fully saturated rings. The van der Waals surface area contributed by atoms with Crippen LogP contribution >= 0.6 is 11.3 Å². The maximum atomic E-state index is 13.1. The van der Waals surface area contributed by atoms with Gasteiger partial charge in [-0.3, -0.25) is 9.52 Å². The minimum atomic E-state index is -3.91. The molecule has 2 aromatic rings. The second-order valence-corrected chi connectivity index (χ2v) is 9.86. The fourth-order valence-corrected chi connectivity index (χ4v) is 6.21. The van der Waals surface area contributed by atoms with Gasteiger partial charge in [-0.15, -0.1) is 11.3 Å². The fraction of sp³-hybridized carbons (Fsp3) is 0.450. The van der Waals surface area contributed by atoms with Gasteiger partial charge in [-0.05, 0) is 43.4 Å². The van der Waals surface area contributed by atoms with Crippen molar-refractivity contribution in [2.45, 2.75) is 30.6 Å². The predicted molar refractivity (Wildman–Crippen MR) is 113 cm³/mol. The third-order valence-corrected chi connectivity index (χ3v) is 7.72. The van der Waals surface area contributed by atoms with Crippen LogP contribution in [0.2, 0.25) is 0 Å². The van der Waals surface area contributed by atoms with Gasteiger partial charge in [0.05, 0.1) is 17.1 Å². The number of thiophene rings is 1. The molecule has 1 aliphatic heterocycles. The number of hydrogen-bond acceptors (Lipinski definition) is 7. The maximum Gasteiger partial charge on any atom is 0.262 e. The van der Waals surface area contributed by atoms with Crippen LogP contribution in [-0.4, -0.2) is 47.8 Å². The molecular formula is C20H24N2O6S2. The van der Waals surface area contributed by atoms with E-state index < -0.39 is 10.0 Å². The van der Waals surface area contributed by atoms with E-state index in [1.54, 1.807) is 13.2 Å². The largest absolute Gasteiger partial charge is 0.486 e. The number of amides is 1. The van der Waals surface area contributed by atoms with Crippen molar-refractivity contribution in [3.8, 4) is 11.5 Å². The number of aryl methyl sites for hydroxylation is 1. The number of fused-ring (bicyclic) bond motifs is 2. The number of benzene rings is 1. The van der Waals surface area contributed by atoms with Gasteiger partial charge in [-0.2, -0.15) is 0 Å². The van der Waals surface area contributed by atoms with Gasteiger partial charge < -0.3 is 19.5 Å². The first-order valence-electron chi connectivity index (χ1n) is 9.84. The molecule has 1 aromatic carbocycles. The van der Waals surface area contributed by atoms with E-state index in [2.05, 4.69) is 10.0 Å². The smallest absolute Gasteiger partial charge is 0.262 e. The molecule has 1 aromatic heterocycles. The molecule has 0 radical (unpaired) electrons. The Bertz CT molecular complexity index is 1050. The molecule has 8 nitrogen and oxygen atoms in total. The normalized spacial score (nSPS) is 15.4. The zero-order valence-corrected chi connectivity index (χ0v) is 18.3. The van der Waals surface area contributed by atoms with Gasteiger partial charge in [0, 0.05) is 24.6 Å². The van der Waals surface area contributed by atoms with E-state index in [-0.39, 0.29) is 10.8 Å². The van der Waals surface area contributed by atoms with E-state index >= 15 is 0 Å². The van der Waals surface area contributed by atoms with Gasteiger partial charge >= 0.3 is 0 Å². The lowest BCUT2D eigenvalue weighted by molar-refractivity contribution is 0.0937. The van der Waals surface area contributed by atoms with E-state index in [1.165, 1.54) is 23.5 Å². The van der Waals surface area contributed by atoms with Crippen LogP contribution in [0, 0.1) is 0 Å². The molecule has 0 bridgehead atoms. The lowest BCUT2D eigenvalue weighted by Crippen LogP contribution is -2.28. The number of ether oxygens (including phenoxy) is 3. The van der Waals surface area contributed by atoms with Crippen LogP contribution in [0.25, 0.3) is 0 Å². The topological polar surface area (TPSA) is 103 Å². The van der Waals surface area contributed by atoms with Crippen LogP contribution in [-0.2, 0) is 27.6 Å². The number of hydrogen-bond donors (Lipinski definition) is 2. The molecule has 0 saturated heterocycles. The first-order valence-corrected chi connectivity index (χ1v) is 12.1. The molecule has 2 N–H and O–H groups in total. The number of carbonyl (C=O) groups excluding carboxylic acids is 1. The Morgan fingerprint density at radius 2 is 1.93 bits per heavy atom. The lowest BCUT2D eigenvalue weighted by atomic mass is 9.95. The molecule has 2 aliphatic rings. The van der Waals surface area contributed by atoms with Crippen molar-refractivity contribution in [3.05, 3.63) is 34.2 Å². The SMILES string of the molecule is COCCNC(=O)c1c(NS(=O)(=O)c2ccc3c(c2)OCCO3)sc2c1CCCC2. The number of methoxy groups -OCH3 is 1. The van der Waals surface area contributed by atoms with E-state index in [0.29, 0.717) is 48.4 Å². The van der Waals surface area contributed by atoms with Crippen molar-refractivity contribution in [1.82, 2.24) is 5.32 Å². The van der Waals surface area contributed by atoms with Crippen LogP contribution in [0.4, 0.5) is 5.00 Å². The standard InChI is InChI=1S/C20H24N2O6S2/c1-26-9-8-21-19(23)18-14-4-2-3-5-17(14)29-20(18)22-30(24,25)13-6-7-15-16(12-13)28-11-10-27-15/h6-7,12,22H,2-5,8-11H2,1H3,(H,21,23). The Morgan fingerprint density at radius 1 is 1.17 bits per heavy atom. The zero-order valence-electron chi connectivity index (χ0n) is 16.7.